The minimum absolute atomic E-state index is 0.0336. The number of aliphatic carboxylic acids is 1. The van der Waals surface area contributed by atoms with Gasteiger partial charge in [-0.3, -0.25) is 19.7 Å². The lowest BCUT2D eigenvalue weighted by molar-refractivity contribution is -0.148. The highest BCUT2D eigenvalue weighted by molar-refractivity contribution is 8.01. The molecule has 7 atom stereocenters. The number of anilines is 1. The average Bonchev–Trinajstić information content (AvgIpc) is 3.95. The second kappa shape index (κ2) is 26.2. The number of carboxylic acids is 1. The van der Waals surface area contributed by atoms with Crippen LogP contribution in [0.4, 0.5) is 10.5 Å². The fraction of sp³-hybridized carbons (Fsp3) is 0.694. The van der Waals surface area contributed by atoms with Crippen LogP contribution in [0.3, 0.4) is 0 Å². The summed E-state index contributed by atoms with van der Waals surface area (Å²) >= 11 is 7.85. The van der Waals surface area contributed by atoms with Gasteiger partial charge in [-0.2, -0.15) is 0 Å². The number of ether oxygens (including phenoxy) is 3. The quantitative estimate of drug-likeness (QED) is 0.0944. The van der Waals surface area contributed by atoms with Gasteiger partial charge in [0.15, 0.2) is 0 Å². The zero-order valence-corrected chi connectivity index (χ0v) is 43.6. The number of carbonyl (C=O) groups excluding carboxylic acids is 4. The van der Waals surface area contributed by atoms with E-state index in [1.54, 1.807) is 19.2 Å². The van der Waals surface area contributed by atoms with E-state index >= 15 is 0 Å². The number of aliphatic hydroxyl groups is 2. The van der Waals surface area contributed by atoms with Crippen molar-refractivity contribution >= 4 is 58.8 Å². The topological polar surface area (TPSA) is 228 Å². The van der Waals surface area contributed by atoms with E-state index in [1.807, 2.05) is 66.7 Å². The Labute approximate surface area is 407 Å². The normalized spacial score (nSPS) is 25.4. The van der Waals surface area contributed by atoms with Gasteiger partial charge in [-0.25, -0.2) is 9.59 Å². The van der Waals surface area contributed by atoms with E-state index in [4.69, 9.17) is 36.0 Å². The Bertz CT molecular complexity index is 1910. The third-order valence-corrected chi connectivity index (χ3v) is 14.4. The smallest absolute Gasteiger partial charge is 0.409 e. The van der Waals surface area contributed by atoms with E-state index in [0.29, 0.717) is 43.2 Å². The first-order chi connectivity index (χ1) is 31.1. The maximum absolute atomic E-state index is 13.0. The molecule has 2 saturated heterocycles. The van der Waals surface area contributed by atoms with E-state index in [-0.39, 0.29) is 76.5 Å². The number of amides is 4. The number of fused-ring (bicyclic) bond motifs is 5. The Morgan fingerprint density at radius 2 is 1.81 bits per heavy atom. The largest absolute Gasteiger partial charge is 0.506 e. The molecule has 4 bridgehead atoms. The van der Waals surface area contributed by atoms with Gasteiger partial charge in [0.1, 0.15) is 28.6 Å². The number of nitrogens with zero attached hydrogens (tertiary/aromatic N) is 2. The average molecular weight is 984 g/mol. The monoisotopic (exact) mass is 983 g/mol. The highest BCUT2D eigenvalue weighted by Gasteiger charge is 2.58. The molecule has 6 N–H and O–H groups in total. The number of hydrogen-bond donors (Lipinski definition) is 6. The Hall–Kier alpha value is -3.87. The Kier molecular flexibility index (Phi) is 23.2. The number of phenols is 1. The van der Waals surface area contributed by atoms with Gasteiger partial charge in [0, 0.05) is 70.7 Å². The third-order valence-electron chi connectivity index (χ3n) is 12.6. The van der Waals surface area contributed by atoms with Gasteiger partial charge >= 0.3 is 12.1 Å². The Morgan fingerprint density at radius 1 is 1.15 bits per heavy atom. The van der Waals surface area contributed by atoms with Crippen LogP contribution in [0.15, 0.2) is 35.9 Å². The number of epoxide rings is 1. The van der Waals surface area contributed by atoms with Crippen molar-refractivity contribution in [2.45, 2.75) is 167 Å². The molecule has 3 aliphatic rings. The molecule has 67 heavy (non-hydrogen) atoms. The lowest BCUT2D eigenvalue weighted by Crippen LogP contribution is -2.57. The van der Waals surface area contributed by atoms with E-state index in [0.717, 1.165) is 37.7 Å². The molecule has 3 aliphatic heterocycles. The van der Waals surface area contributed by atoms with E-state index in [2.05, 4.69) is 24.5 Å². The van der Waals surface area contributed by atoms with Crippen LogP contribution < -0.4 is 15.5 Å². The predicted octanol–water partition coefficient (Wildman–Crippen LogP) is 7.38. The number of aliphatic hydroxyl groups excluding tert-OH is 1. The summed E-state index contributed by atoms with van der Waals surface area (Å²) in [6.45, 7) is 21.0. The number of carboxylic acid groups (broad SMARTS) is 1. The first kappa shape index (κ1) is 59.3. The molecule has 0 radical (unpaired) electrons. The second-order valence-corrected chi connectivity index (χ2v) is 21.5. The molecule has 1 aromatic carbocycles. The number of aromatic hydroxyl groups is 1. The highest BCUT2D eigenvalue weighted by Crippen LogP contribution is 2.48. The fourth-order valence-electron chi connectivity index (χ4n) is 7.47. The van der Waals surface area contributed by atoms with Crippen LogP contribution in [0.5, 0.6) is 5.75 Å². The van der Waals surface area contributed by atoms with E-state index < -0.39 is 35.5 Å². The van der Waals surface area contributed by atoms with E-state index in [9.17, 15) is 34.2 Å². The van der Waals surface area contributed by atoms with Gasteiger partial charge in [0.05, 0.1) is 28.7 Å². The van der Waals surface area contributed by atoms with Gasteiger partial charge in [-0.1, -0.05) is 76.4 Å². The zero-order chi connectivity index (χ0) is 51.1. The number of allylic oxidation sites excluding steroid dienone is 3. The summed E-state index contributed by atoms with van der Waals surface area (Å²) in [6, 6.07) is 2.56. The van der Waals surface area contributed by atoms with Gasteiger partial charge in [0.25, 0.3) is 0 Å². The number of phenolic OH excluding ortho intramolecular Hbond substituents is 1. The molecule has 4 rings (SSSR count). The Morgan fingerprint density at radius 3 is 2.43 bits per heavy atom. The van der Waals surface area contributed by atoms with Crippen molar-refractivity contribution < 1.29 is 58.6 Å². The third kappa shape index (κ3) is 19.2. The van der Waals surface area contributed by atoms with Crippen LogP contribution >= 0.6 is 23.4 Å². The molecule has 16 nitrogen and oxygen atoms in total. The molecule has 1 aromatic rings. The minimum atomic E-state index is -1.42. The van der Waals surface area contributed by atoms with Crippen molar-refractivity contribution in [3.05, 3.63) is 46.5 Å². The minimum Gasteiger partial charge on any atom is -0.506 e. The van der Waals surface area contributed by atoms with Gasteiger partial charge in [-0.05, 0) is 83.9 Å². The number of rotatable bonds is 15. The zero-order valence-electron chi connectivity index (χ0n) is 42.0. The first-order valence-corrected chi connectivity index (χ1v) is 24.4. The maximum Gasteiger partial charge on any atom is 0.409 e. The predicted molar refractivity (Wildman–Crippen MR) is 263 cm³/mol. The van der Waals surface area contributed by atoms with Crippen molar-refractivity contribution in [3.63, 3.8) is 0 Å². The molecule has 4 amide bonds. The number of hydrogen-bond acceptors (Lipinski definition) is 12. The van der Waals surface area contributed by atoms with Gasteiger partial charge in [0.2, 0.25) is 17.7 Å². The van der Waals surface area contributed by atoms with Crippen molar-refractivity contribution in [3.8, 4) is 5.75 Å². The molecule has 2 fully saturated rings. The summed E-state index contributed by atoms with van der Waals surface area (Å²) in [6.07, 6.45) is 8.48. The number of thioether (sulfide) groups is 1. The van der Waals surface area contributed by atoms with Crippen molar-refractivity contribution in [2.75, 3.05) is 45.0 Å². The molecule has 0 spiro atoms. The van der Waals surface area contributed by atoms with Gasteiger partial charge in [-0.15, -0.1) is 11.8 Å². The summed E-state index contributed by atoms with van der Waals surface area (Å²) in [5.74, 6) is -0.817. The van der Waals surface area contributed by atoms with Crippen molar-refractivity contribution in [2.24, 2.45) is 11.8 Å². The summed E-state index contributed by atoms with van der Waals surface area (Å²) in [7, 11) is 4.15. The molecule has 3 heterocycles. The standard InChI is InChI=1S/C26H33ClN2O6.C22H42N2O5S.CH4O/c1-15-7-5-6-9-26(33)14-20(34-24(32)28-26)16(2)23-25(3,35-23)10-8-21(31)29(4)18-12-17(11-15)13-19(30)22(18)27;1-9-16(2)14-29-21(4,5)12-13-23-18(25)15-30-22(6,7)11-10-19(26)24(8)17(3)20(27)28;1-2/h5-7,12-13,16,20,23,30,33H,8-11,14H2,1-4H3,(H,28,32);16-17H,9-15H2,1-8H3,(H,23,25)(H,27,28);2H,1H3/b6-5+,15-7+;;/t16-,20?,23?,25?,26-;;/m1../s1. The van der Waals surface area contributed by atoms with Gasteiger partial charge < -0.3 is 49.8 Å². The number of carbonyl (C=O) groups is 5. The molecular weight excluding hydrogens is 904 g/mol. The first-order valence-electron chi connectivity index (χ1n) is 23.1. The molecule has 0 saturated carbocycles. The lowest BCUT2D eigenvalue weighted by atomic mass is 9.85. The summed E-state index contributed by atoms with van der Waals surface area (Å²) in [5.41, 5.74) is 0.0299. The number of benzene rings is 1. The Balaban J connectivity index is 0.000000450. The van der Waals surface area contributed by atoms with Crippen LogP contribution in [0, 0.1) is 11.8 Å². The lowest BCUT2D eigenvalue weighted by Gasteiger charge is -2.38. The van der Waals surface area contributed by atoms with Crippen LogP contribution in [0.1, 0.15) is 126 Å². The molecule has 0 aliphatic carbocycles. The molecular formula is C49H79ClN4O12S. The molecule has 380 valence electrons. The van der Waals surface area contributed by atoms with Crippen molar-refractivity contribution in [1.29, 1.82) is 0 Å². The SMILES string of the molecule is C/C1=C\C=C\C[C@@]2(O)CC(OC(=O)N2)[C@@H](C)C2OC2(C)CCC(=O)N(C)c2cc(cc(O)c2Cl)C1.CCC(C)COC(C)(C)CCNC(=O)CSC(C)(C)CCC(=O)N(C)C(C)C(=O)O.CO. The summed E-state index contributed by atoms with van der Waals surface area (Å²) in [5, 5.41) is 43.1. The van der Waals surface area contributed by atoms with Crippen LogP contribution in [0.2, 0.25) is 5.02 Å². The van der Waals surface area contributed by atoms with Crippen LogP contribution in [0.25, 0.3) is 0 Å². The van der Waals surface area contributed by atoms with Crippen LogP contribution in [-0.4, -0.2) is 135 Å². The van der Waals surface area contributed by atoms with Crippen LogP contribution in [-0.2, 0) is 39.8 Å². The number of alkyl carbamates (subject to hydrolysis) is 1. The number of halogens is 1. The van der Waals surface area contributed by atoms with E-state index in [1.165, 1.54) is 35.5 Å². The maximum atomic E-state index is 13.0. The number of nitrogens with one attached hydrogen (secondary N) is 2. The molecule has 18 heteroatoms. The second-order valence-electron chi connectivity index (χ2n) is 19.5. The fourth-order valence-corrected chi connectivity index (χ4v) is 8.57. The van der Waals surface area contributed by atoms with Crippen molar-refractivity contribution in [1.82, 2.24) is 15.5 Å². The molecule has 0 aromatic heterocycles. The number of likely N-dealkylation sites (N-methyl/N-ethyl adjacent to an activating group) is 1. The summed E-state index contributed by atoms with van der Waals surface area (Å²) < 4.78 is 17.2. The summed E-state index contributed by atoms with van der Waals surface area (Å²) in [4.78, 5) is 63.3. The molecule has 5 unspecified atom stereocenters. The highest BCUT2D eigenvalue weighted by atomic mass is 35.5.